The first-order valence-electron chi connectivity index (χ1n) is 13.4. The minimum absolute atomic E-state index is 0.0849. The van der Waals surface area contributed by atoms with E-state index in [1.54, 1.807) is 36.4 Å². The molecule has 8 heteroatoms. The van der Waals surface area contributed by atoms with E-state index in [0.29, 0.717) is 16.9 Å². The number of anilines is 2. The average Bonchev–Trinajstić information content (AvgIpc) is 3.63. The van der Waals surface area contributed by atoms with E-state index >= 15 is 0 Å². The number of benzene rings is 3. The van der Waals surface area contributed by atoms with Crippen molar-refractivity contribution in [3.8, 4) is 0 Å². The highest BCUT2D eigenvalue weighted by atomic mass is 16.5. The number of amides is 3. The molecular weight excluding hydrogens is 508 g/mol. The standard InChI is InChI=1S/C32H28N2O6/c1-18(35)19-10-12-23(13-11-19)33-27(36)17-40-32(39)21-8-5-9-24(14-21)34-30(37)28-22-15-25(20-6-3-2-4-7-20)26(16-22)29(28)31(34)38/h2-14,22,25-26,28-29H,15-17H2,1H3,(H,33,36)/t22-,25+,26+,28+,29-/m0/s1. The Bertz CT molecular complexity index is 1520. The van der Waals surface area contributed by atoms with E-state index in [1.807, 2.05) is 18.2 Å². The lowest BCUT2D eigenvalue weighted by Crippen LogP contribution is -2.33. The Balaban J connectivity index is 1.11. The fourth-order valence-electron chi connectivity index (χ4n) is 6.77. The predicted molar refractivity (Wildman–Crippen MR) is 147 cm³/mol. The third-order valence-electron chi connectivity index (χ3n) is 8.49. The lowest BCUT2D eigenvalue weighted by atomic mass is 9.73. The lowest BCUT2D eigenvalue weighted by Gasteiger charge is -2.28. The molecule has 3 aromatic rings. The monoisotopic (exact) mass is 536 g/mol. The first-order valence-corrected chi connectivity index (χ1v) is 13.4. The molecule has 6 rings (SSSR count). The maximum Gasteiger partial charge on any atom is 0.338 e. The maximum absolute atomic E-state index is 13.6. The molecule has 3 fully saturated rings. The van der Waals surface area contributed by atoms with Crippen LogP contribution in [0.25, 0.3) is 0 Å². The van der Waals surface area contributed by atoms with Crippen LogP contribution in [-0.4, -0.2) is 36.1 Å². The van der Waals surface area contributed by atoms with Crippen LogP contribution in [0.15, 0.2) is 78.9 Å². The number of imide groups is 1. The van der Waals surface area contributed by atoms with Crippen LogP contribution in [0.4, 0.5) is 11.4 Å². The number of ketones is 1. The number of hydrogen-bond acceptors (Lipinski definition) is 6. The fourth-order valence-corrected chi connectivity index (χ4v) is 6.77. The van der Waals surface area contributed by atoms with E-state index in [4.69, 9.17) is 4.74 Å². The van der Waals surface area contributed by atoms with Crippen LogP contribution in [-0.2, 0) is 19.1 Å². The van der Waals surface area contributed by atoms with E-state index in [1.165, 1.54) is 29.5 Å². The van der Waals surface area contributed by atoms with E-state index in [-0.39, 0.29) is 52.8 Å². The fraction of sp³-hybridized carbons (Fsp3) is 0.281. The van der Waals surface area contributed by atoms with Gasteiger partial charge in [-0.2, -0.15) is 0 Å². The van der Waals surface area contributed by atoms with Gasteiger partial charge in [0.05, 0.1) is 23.1 Å². The Morgan fingerprint density at radius 1 is 0.850 bits per heavy atom. The molecule has 0 spiro atoms. The topological polar surface area (TPSA) is 110 Å². The molecule has 3 amide bonds. The quantitative estimate of drug-likeness (QED) is 0.268. The number of esters is 1. The third kappa shape index (κ3) is 4.49. The summed E-state index contributed by atoms with van der Waals surface area (Å²) in [5, 5.41) is 2.61. The van der Waals surface area contributed by atoms with E-state index in [0.717, 1.165) is 12.8 Å². The number of carbonyl (C=O) groups excluding carboxylic acids is 5. The Morgan fingerprint density at radius 3 is 2.30 bits per heavy atom. The number of nitrogens with one attached hydrogen (secondary N) is 1. The number of ether oxygens (including phenoxy) is 1. The molecular formula is C32H28N2O6. The van der Waals surface area contributed by atoms with Gasteiger partial charge in [0.2, 0.25) is 11.8 Å². The Labute approximate surface area is 231 Å². The highest BCUT2D eigenvalue weighted by Gasteiger charge is 2.64. The van der Waals surface area contributed by atoms with Crippen LogP contribution in [0.3, 0.4) is 0 Å². The summed E-state index contributed by atoms with van der Waals surface area (Å²) in [6, 6.07) is 22.8. The summed E-state index contributed by atoms with van der Waals surface area (Å²) < 4.78 is 5.18. The zero-order valence-electron chi connectivity index (χ0n) is 21.9. The summed E-state index contributed by atoms with van der Waals surface area (Å²) in [5.41, 5.74) is 2.68. The maximum atomic E-state index is 13.6. The summed E-state index contributed by atoms with van der Waals surface area (Å²) in [6.45, 7) is 0.932. The predicted octanol–water partition coefficient (Wildman–Crippen LogP) is 4.61. The minimum Gasteiger partial charge on any atom is -0.452 e. The molecule has 0 aromatic heterocycles. The van der Waals surface area contributed by atoms with E-state index in [2.05, 4.69) is 17.4 Å². The molecule has 1 saturated heterocycles. The van der Waals surface area contributed by atoms with Crippen molar-refractivity contribution in [3.05, 3.63) is 95.6 Å². The van der Waals surface area contributed by atoms with Crippen molar-refractivity contribution in [1.82, 2.24) is 0 Å². The highest BCUT2D eigenvalue weighted by Crippen LogP contribution is 2.61. The highest BCUT2D eigenvalue weighted by molar-refractivity contribution is 6.23. The van der Waals surface area contributed by atoms with E-state index < -0.39 is 18.5 Å². The van der Waals surface area contributed by atoms with Crippen molar-refractivity contribution in [2.75, 3.05) is 16.8 Å². The normalized spacial score (nSPS) is 24.6. The lowest BCUT2D eigenvalue weighted by molar-refractivity contribution is -0.123. The molecule has 2 aliphatic carbocycles. The van der Waals surface area contributed by atoms with Gasteiger partial charge in [-0.05, 0) is 85.5 Å². The van der Waals surface area contributed by atoms with Gasteiger partial charge in [0.15, 0.2) is 12.4 Å². The number of nitrogens with zero attached hydrogens (tertiary/aromatic N) is 1. The van der Waals surface area contributed by atoms with Crippen molar-refractivity contribution in [3.63, 3.8) is 0 Å². The van der Waals surface area contributed by atoms with Crippen molar-refractivity contribution < 1.29 is 28.7 Å². The average molecular weight is 537 g/mol. The second-order valence-electron chi connectivity index (χ2n) is 10.8. The molecule has 2 bridgehead atoms. The van der Waals surface area contributed by atoms with E-state index in [9.17, 15) is 24.0 Å². The van der Waals surface area contributed by atoms with Crippen molar-refractivity contribution >= 4 is 40.8 Å². The Hall–Kier alpha value is -4.59. The summed E-state index contributed by atoms with van der Waals surface area (Å²) in [5.74, 6) is -1.87. The minimum atomic E-state index is -0.743. The van der Waals surface area contributed by atoms with Gasteiger partial charge in [-0.15, -0.1) is 0 Å². The number of fused-ring (bicyclic) bond motifs is 5. The van der Waals surface area contributed by atoms with Crippen LogP contribution in [0.5, 0.6) is 0 Å². The molecule has 1 N–H and O–H groups in total. The zero-order chi connectivity index (χ0) is 28.0. The molecule has 3 aliphatic rings. The largest absolute Gasteiger partial charge is 0.452 e. The second kappa shape index (κ2) is 10.2. The van der Waals surface area contributed by atoms with Gasteiger partial charge in [0.25, 0.3) is 5.91 Å². The summed E-state index contributed by atoms with van der Waals surface area (Å²) >= 11 is 0. The molecule has 0 radical (unpaired) electrons. The van der Waals surface area contributed by atoms with Gasteiger partial charge in [-0.1, -0.05) is 36.4 Å². The SMILES string of the molecule is CC(=O)c1ccc(NC(=O)COC(=O)c2cccc(N3C(=O)[C@@H]4[C@@H]5C[C@@H]([C@@H]4C3=O)[C@@H](c3ccccc3)C5)c2)cc1. The number of hydrogen-bond donors (Lipinski definition) is 1. The van der Waals surface area contributed by atoms with Crippen molar-refractivity contribution in [2.45, 2.75) is 25.7 Å². The van der Waals surface area contributed by atoms with Gasteiger partial charge in [0.1, 0.15) is 0 Å². The number of rotatable bonds is 7. The van der Waals surface area contributed by atoms with Gasteiger partial charge < -0.3 is 10.1 Å². The van der Waals surface area contributed by atoms with Crippen LogP contribution in [0.2, 0.25) is 0 Å². The molecule has 0 unspecified atom stereocenters. The summed E-state index contributed by atoms with van der Waals surface area (Å²) in [7, 11) is 0. The molecule has 40 heavy (non-hydrogen) atoms. The summed E-state index contributed by atoms with van der Waals surface area (Å²) in [6.07, 6.45) is 1.79. The van der Waals surface area contributed by atoms with Crippen LogP contribution < -0.4 is 10.2 Å². The molecule has 202 valence electrons. The van der Waals surface area contributed by atoms with Crippen molar-refractivity contribution in [2.24, 2.45) is 23.7 Å². The Kier molecular flexibility index (Phi) is 6.54. The number of carbonyl (C=O) groups is 5. The Morgan fingerprint density at radius 2 is 1.57 bits per heavy atom. The van der Waals surface area contributed by atoms with Gasteiger partial charge in [0, 0.05) is 11.3 Å². The van der Waals surface area contributed by atoms with Crippen LogP contribution in [0.1, 0.15) is 52.0 Å². The van der Waals surface area contributed by atoms with Gasteiger partial charge >= 0.3 is 5.97 Å². The van der Waals surface area contributed by atoms with Gasteiger partial charge in [-0.25, -0.2) is 4.79 Å². The van der Waals surface area contributed by atoms with Crippen molar-refractivity contribution in [1.29, 1.82) is 0 Å². The van der Waals surface area contributed by atoms with Crippen LogP contribution >= 0.6 is 0 Å². The molecule has 1 heterocycles. The third-order valence-corrected chi connectivity index (χ3v) is 8.49. The van der Waals surface area contributed by atoms with Crippen LogP contribution in [0, 0.1) is 23.7 Å². The zero-order valence-corrected chi connectivity index (χ0v) is 21.9. The summed E-state index contributed by atoms with van der Waals surface area (Å²) in [4.78, 5) is 64.7. The first-order chi connectivity index (χ1) is 19.3. The number of Topliss-reactive ketones (excluding diaryl/α,β-unsaturated/α-hetero) is 1. The van der Waals surface area contributed by atoms with Gasteiger partial charge in [-0.3, -0.25) is 24.1 Å². The molecule has 5 atom stereocenters. The second-order valence-corrected chi connectivity index (χ2v) is 10.8. The first kappa shape index (κ1) is 25.7. The molecule has 2 saturated carbocycles. The smallest absolute Gasteiger partial charge is 0.338 e. The molecule has 1 aliphatic heterocycles. The molecule has 8 nitrogen and oxygen atoms in total. The molecule has 3 aromatic carbocycles.